The van der Waals surface area contributed by atoms with Crippen LogP contribution in [0.1, 0.15) is 33.1 Å². The number of anilines is 1. The van der Waals surface area contributed by atoms with Gasteiger partial charge >= 0.3 is 0 Å². The van der Waals surface area contributed by atoms with Crippen molar-refractivity contribution in [3.05, 3.63) is 24.3 Å². The van der Waals surface area contributed by atoms with Crippen LogP contribution in [-0.2, 0) is 9.59 Å². The Morgan fingerprint density at radius 3 is 2.50 bits per heavy atom. The van der Waals surface area contributed by atoms with Crippen molar-refractivity contribution in [1.29, 1.82) is 0 Å². The summed E-state index contributed by atoms with van der Waals surface area (Å²) in [6, 6.07) is 7.28. The highest BCUT2D eigenvalue weighted by molar-refractivity contribution is 5.97. The number of hydrogen-bond acceptors (Lipinski definition) is 3. The Bertz CT molecular complexity index is 523. The summed E-state index contributed by atoms with van der Waals surface area (Å²) in [5.41, 5.74) is 0.838. The molecular formula is C17H24N2O3. The van der Waals surface area contributed by atoms with Crippen molar-refractivity contribution in [1.82, 2.24) is 5.32 Å². The van der Waals surface area contributed by atoms with Crippen LogP contribution in [0.15, 0.2) is 24.3 Å². The number of nitrogens with zero attached hydrogens (tertiary/aromatic N) is 1. The first-order chi connectivity index (χ1) is 10.6. The molecule has 5 nitrogen and oxygen atoms in total. The second-order valence-corrected chi connectivity index (χ2v) is 5.63. The summed E-state index contributed by atoms with van der Waals surface area (Å²) in [5, 5.41) is 3.01. The largest absolute Gasteiger partial charge is 0.497 e. The van der Waals surface area contributed by atoms with E-state index in [1.165, 1.54) is 0 Å². The smallest absolute Gasteiger partial charge is 0.229 e. The lowest BCUT2D eigenvalue weighted by molar-refractivity contribution is -0.125. The van der Waals surface area contributed by atoms with Crippen molar-refractivity contribution >= 4 is 17.5 Å². The summed E-state index contributed by atoms with van der Waals surface area (Å²) in [7, 11) is 1.61. The van der Waals surface area contributed by atoms with Gasteiger partial charge in [-0.1, -0.05) is 13.8 Å². The summed E-state index contributed by atoms with van der Waals surface area (Å²) in [4.78, 5) is 26.0. The second-order valence-electron chi connectivity index (χ2n) is 5.63. The highest BCUT2D eigenvalue weighted by Gasteiger charge is 2.32. The Balaban J connectivity index is 1.99. The molecule has 0 spiro atoms. The fourth-order valence-corrected chi connectivity index (χ4v) is 2.79. The van der Waals surface area contributed by atoms with Crippen molar-refractivity contribution in [3.8, 4) is 5.75 Å². The van der Waals surface area contributed by atoms with E-state index in [-0.39, 0.29) is 23.8 Å². The van der Waals surface area contributed by atoms with Gasteiger partial charge in [0.1, 0.15) is 5.75 Å². The molecule has 22 heavy (non-hydrogen) atoms. The fourth-order valence-electron chi connectivity index (χ4n) is 2.79. The van der Waals surface area contributed by atoms with Crippen LogP contribution in [0.5, 0.6) is 5.75 Å². The number of nitrogens with one attached hydrogen (secondary N) is 1. The highest BCUT2D eigenvalue weighted by atomic mass is 16.5. The van der Waals surface area contributed by atoms with Crippen molar-refractivity contribution in [2.45, 2.75) is 39.2 Å². The van der Waals surface area contributed by atoms with Gasteiger partial charge in [0.05, 0.1) is 13.2 Å². The summed E-state index contributed by atoms with van der Waals surface area (Å²) < 4.78 is 5.12. The average Bonchev–Trinajstić information content (AvgIpc) is 2.89. The van der Waals surface area contributed by atoms with Gasteiger partial charge < -0.3 is 15.0 Å². The minimum atomic E-state index is -0.109. The zero-order valence-electron chi connectivity index (χ0n) is 13.5. The molecule has 1 aromatic carbocycles. The first-order valence-corrected chi connectivity index (χ1v) is 7.83. The lowest BCUT2D eigenvalue weighted by atomic mass is 10.0. The van der Waals surface area contributed by atoms with E-state index < -0.39 is 0 Å². The molecular weight excluding hydrogens is 280 g/mol. The summed E-state index contributed by atoms with van der Waals surface area (Å²) >= 11 is 0. The van der Waals surface area contributed by atoms with E-state index >= 15 is 0 Å². The lowest BCUT2D eigenvalue weighted by Gasteiger charge is -2.19. The van der Waals surface area contributed by atoms with Crippen LogP contribution in [0.3, 0.4) is 0 Å². The van der Waals surface area contributed by atoms with E-state index in [2.05, 4.69) is 5.32 Å². The van der Waals surface area contributed by atoms with Crippen LogP contribution in [0.25, 0.3) is 0 Å². The molecule has 1 aliphatic heterocycles. The first-order valence-electron chi connectivity index (χ1n) is 7.83. The second kappa shape index (κ2) is 7.29. The van der Waals surface area contributed by atoms with Gasteiger partial charge in [0.15, 0.2) is 0 Å². The molecule has 1 atom stereocenters. The maximum atomic E-state index is 12.2. The summed E-state index contributed by atoms with van der Waals surface area (Å²) in [6.45, 7) is 4.55. The number of amides is 2. The molecule has 0 unspecified atom stereocenters. The van der Waals surface area contributed by atoms with Crippen LogP contribution in [0.4, 0.5) is 5.69 Å². The van der Waals surface area contributed by atoms with Gasteiger partial charge in [-0.2, -0.15) is 0 Å². The van der Waals surface area contributed by atoms with Crippen LogP contribution in [0, 0.1) is 5.92 Å². The third-order valence-electron chi connectivity index (χ3n) is 4.21. The molecule has 1 heterocycles. The molecule has 0 aromatic heterocycles. The molecule has 1 aromatic rings. The lowest BCUT2D eigenvalue weighted by Crippen LogP contribution is -2.40. The van der Waals surface area contributed by atoms with Crippen molar-refractivity contribution in [2.75, 3.05) is 18.6 Å². The molecule has 0 bridgehead atoms. The molecule has 2 amide bonds. The maximum absolute atomic E-state index is 12.2. The van der Waals surface area contributed by atoms with E-state index in [1.54, 1.807) is 12.0 Å². The minimum absolute atomic E-state index is 0.0325. The average molecular weight is 304 g/mol. The van der Waals surface area contributed by atoms with E-state index in [4.69, 9.17) is 4.74 Å². The normalized spacial score (nSPS) is 17.9. The SMILES string of the molecule is CCC(CC)C(=O)N[C@H]1CC(=O)N(c2ccc(OC)cc2)C1. The molecule has 5 heteroatoms. The number of hydrogen-bond donors (Lipinski definition) is 1. The van der Waals surface area contributed by atoms with Gasteiger partial charge in [-0.25, -0.2) is 0 Å². The van der Waals surface area contributed by atoms with Crippen LogP contribution >= 0.6 is 0 Å². The van der Waals surface area contributed by atoms with Crippen LogP contribution in [0.2, 0.25) is 0 Å². The Kier molecular flexibility index (Phi) is 5.41. The van der Waals surface area contributed by atoms with Gasteiger partial charge in [0, 0.05) is 24.6 Å². The van der Waals surface area contributed by atoms with E-state index in [0.29, 0.717) is 13.0 Å². The monoisotopic (exact) mass is 304 g/mol. The van der Waals surface area contributed by atoms with Gasteiger partial charge in [-0.3, -0.25) is 9.59 Å². The third-order valence-corrected chi connectivity index (χ3v) is 4.21. The number of ether oxygens (including phenoxy) is 1. The Morgan fingerprint density at radius 2 is 1.95 bits per heavy atom. The highest BCUT2D eigenvalue weighted by Crippen LogP contribution is 2.24. The summed E-state index contributed by atoms with van der Waals surface area (Å²) in [5.74, 6) is 0.888. The maximum Gasteiger partial charge on any atom is 0.229 e. The molecule has 1 N–H and O–H groups in total. The number of carbonyl (C=O) groups is 2. The topological polar surface area (TPSA) is 58.6 Å². The predicted octanol–water partition coefficient (Wildman–Crippen LogP) is 2.35. The first kappa shape index (κ1) is 16.3. The van der Waals surface area contributed by atoms with E-state index in [0.717, 1.165) is 24.3 Å². The molecule has 0 aliphatic carbocycles. The van der Waals surface area contributed by atoms with Gasteiger partial charge in [0.25, 0.3) is 0 Å². The van der Waals surface area contributed by atoms with Gasteiger partial charge in [0.2, 0.25) is 11.8 Å². The number of benzene rings is 1. The Hall–Kier alpha value is -2.04. The van der Waals surface area contributed by atoms with Crippen molar-refractivity contribution in [3.63, 3.8) is 0 Å². The van der Waals surface area contributed by atoms with Crippen molar-refractivity contribution in [2.24, 2.45) is 5.92 Å². The van der Waals surface area contributed by atoms with Crippen molar-refractivity contribution < 1.29 is 14.3 Å². The van der Waals surface area contributed by atoms with Gasteiger partial charge in [-0.15, -0.1) is 0 Å². The summed E-state index contributed by atoms with van der Waals surface area (Å²) in [6.07, 6.45) is 2.01. The quantitative estimate of drug-likeness (QED) is 0.877. The third kappa shape index (κ3) is 3.59. The zero-order chi connectivity index (χ0) is 16.1. The number of rotatable bonds is 6. The number of carbonyl (C=O) groups excluding carboxylic acids is 2. The van der Waals surface area contributed by atoms with Gasteiger partial charge in [-0.05, 0) is 37.1 Å². The Morgan fingerprint density at radius 1 is 1.32 bits per heavy atom. The molecule has 1 fully saturated rings. The molecule has 0 saturated carbocycles. The molecule has 0 radical (unpaired) electrons. The standard InChI is InChI=1S/C17H24N2O3/c1-4-12(5-2)17(21)18-13-10-16(20)19(11-13)14-6-8-15(22-3)9-7-14/h6-9,12-13H,4-5,10-11H2,1-3H3,(H,18,21)/t13-/m0/s1. The molecule has 1 aliphatic rings. The molecule has 2 rings (SSSR count). The van der Waals surface area contributed by atoms with Crippen LogP contribution < -0.4 is 15.0 Å². The Labute approximate surface area is 131 Å². The zero-order valence-corrected chi connectivity index (χ0v) is 13.5. The predicted molar refractivity (Wildman–Crippen MR) is 86.0 cm³/mol. The minimum Gasteiger partial charge on any atom is -0.497 e. The molecule has 120 valence electrons. The van der Waals surface area contributed by atoms with Crippen LogP contribution in [-0.4, -0.2) is 31.5 Å². The van der Waals surface area contributed by atoms with E-state index in [1.807, 2.05) is 38.1 Å². The number of methoxy groups -OCH3 is 1. The molecule has 1 saturated heterocycles. The fraction of sp³-hybridized carbons (Fsp3) is 0.529. The van der Waals surface area contributed by atoms with E-state index in [9.17, 15) is 9.59 Å².